The van der Waals surface area contributed by atoms with Gasteiger partial charge in [0.25, 0.3) is 0 Å². The van der Waals surface area contributed by atoms with Gasteiger partial charge in [0.2, 0.25) is 0 Å². The highest BCUT2D eigenvalue weighted by Gasteiger charge is 2.00. The number of nitrogens with one attached hydrogen (secondary N) is 1. The summed E-state index contributed by atoms with van der Waals surface area (Å²) in [6.45, 7) is 4.04. The number of hydrogen-bond acceptors (Lipinski definition) is 2. The summed E-state index contributed by atoms with van der Waals surface area (Å²) in [4.78, 5) is 0. The molecule has 1 aromatic rings. The Balaban J connectivity index is 3.13. The Bertz CT molecular complexity index is 245. The molecule has 0 atom stereocenters. The van der Waals surface area contributed by atoms with Crippen molar-refractivity contribution in [1.82, 2.24) is 0 Å². The van der Waals surface area contributed by atoms with Gasteiger partial charge >= 0.3 is 0 Å². The maximum Gasteiger partial charge on any atom is 0.0663 e. The molecule has 0 aliphatic rings. The molecule has 0 saturated carbocycles. The minimum atomic E-state index is 0.843. The van der Waals surface area contributed by atoms with Crippen LogP contribution in [0.2, 0.25) is 0 Å². The molecule has 2 nitrogen and oxygen atoms in total. The lowest BCUT2D eigenvalue weighted by atomic mass is 10.1. The average molecular weight is 151 g/mol. The van der Waals surface area contributed by atoms with E-state index in [-0.39, 0.29) is 0 Å². The van der Waals surface area contributed by atoms with Crippen molar-refractivity contribution in [3.05, 3.63) is 29.3 Å². The summed E-state index contributed by atoms with van der Waals surface area (Å²) >= 11 is 0. The van der Waals surface area contributed by atoms with E-state index in [0.717, 1.165) is 23.2 Å². The molecule has 0 spiro atoms. The molecule has 0 aliphatic heterocycles. The van der Waals surface area contributed by atoms with Crippen molar-refractivity contribution in [3.8, 4) is 0 Å². The number of aryl methyl sites for hydroxylation is 2. The van der Waals surface area contributed by atoms with E-state index < -0.39 is 0 Å². The first-order chi connectivity index (χ1) is 5.29. The molecule has 0 unspecified atom stereocenters. The molecule has 11 heavy (non-hydrogen) atoms. The lowest BCUT2D eigenvalue weighted by molar-refractivity contribution is 0.387. The summed E-state index contributed by atoms with van der Waals surface area (Å²) in [6.07, 6.45) is 0.935. The largest absolute Gasteiger partial charge is 0.291 e. The minimum Gasteiger partial charge on any atom is -0.291 e. The van der Waals surface area contributed by atoms with Crippen LogP contribution in [-0.2, 0) is 6.42 Å². The van der Waals surface area contributed by atoms with Gasteiger partial charge in [-0.05, 0) is 24.5 Å². The van der Waals surface area contributed by atoms with Crippen molar-refractivity contribution in [2.45, 2.75) is 20.3 Å². The molecule has 0 aliphatic carbocycles. The zero-order valence-electron chi connectivity index (χ0n) is 6.89. The van der Waals surface area contributed by atoms with E-state index in [4.69, 9.17) is 5.21 Å². The third-order valence-corrected chi connectivity index (χ3v) is 1.85. The molecule has 0 bridgehead atoms. The van der Waals surface area contributed by atoms with Gasteiger partial charge in [0.1, 0.15) is 0 Å². The van der Waals surface area contributed by atoms with Gasteiger partial charge in [-0.15, -0.1) is 0 Å². The highest BCUT2D eigenvalue weighted by molar-refractivity contribution is 5.55. The maximum atomic E-state index is 8.78. The van der Waals surface area contributed by atoms with Crippen LogP contribution in [0, 0.1) is 6.92 Å². The summed E-state index contributed by atoms with van der Waals surface area (Å²) in [6, 6.07) is 5.97. The summed E-state index contributed by atoms with van der Waals surface area (Å²) in [5.74, 6) is 0. The van der Waals surface area contributed by atoms with E-state index >= 15 is 0 Å². The number of rotatable bonds is 2. The maximum absolute atomic E-state index is 8.78. The van der Waals surface area contributed by atoms with Gasteiger partial charge in [-0.1, -0.05) is 25.1 Å². The molecule has 0 heterocycles. The molecular formula is C9H13NO. The number of hydrogen-bond donors (Lipinski definition) is 2. The van der Waals surface area contributed by atoms with Gasteiger partial charge in [-0.3, -0.25) is 10.7 Å². The minimum absolute atomic E-state index is 0.843. The zero-order chi connectivity index (χ0) is 8.27. The van der Waals surface area contributed by atoms with Crippen molar-refractivity contribution in [3.63, 3.8) is 0 Å². The summed E-state index contributed by atoms with van der Waals surface area (Å²) in [5.41, 5.74) is 5.28. The highest BCUT2D eigenvalue weighted by Crippen LogP contribution is 2.19. The van der Waals surface area contributed by atoms with Crippen LogP contribution >= 0.6 is 0 Å². The van der Waals surface area contributed by atoms with E-state index in [1.54, 1.807) is 0 Å². The average Bonchev–Trinajstić information content (AvgIpc) is 2.04. The van der Waals surface area contributed by atoms with Crippen LogP contribution in [0.15, 0.2) is 18.2 Å². The fourth-order valence-corrected chi connectivity index (χ4v) is 1.18. The second kappa shape index (κ2) is 3.39. The van der Waals surface area contributed by atoms with Crippen LogP contribution in [0.4, 0.5) is 5.69 Å². The fraction of sp³-hybridized carbons (Fsp3) is 0.333. The monoisotopic (exact) mass is 151 g/mol. The molecule has 1 aromatic carbocycles. The van der Waals surface area contributed by atoms with Crippen molar-refractivity contribution in [2.24, 2.45) is 0 Å². The SMILES string of the molecule is CCc1cccc(C)c1NO. The number of para-hydroxylation sites is 1. The Morgan fingerprint density at radius 2 is 2.18 bits per heavy atom. The molecule has 0 amide bonds. The normalized spacial score (nSPS) is 9.73. The van der Waals surface area contributed by atoms with Crippen molar-refractivity contribution in [1.29, 1.82) is 0 Å². The van der Waals surface area contributed by atoms with Gasteiger partial charge in [-0.2, -0.15) is 0 Å². The van der Waals surface area contributed by atoms with E-state index in [0.29, 0.717) is 0 Å². The molecule has 0 fully saturated rings. The molecule has 60 valence electrons. The van der Waals surface area contributed by atoms with Gasteiger partial charge in [0, 0.05) is 0 Å². The van der Waals surface area contributed by atoms with Gasteiger partial charge in [0.05, 0.1) is 5.69 Å². The van der Waals surface area contributed by atoms with Crippen LogP contribution in [0.3, 0.4) is 0 Å². The Hall–Kier alpha value is -1.02. The molecule has 0 radical (unpaired) electrons. The molecule has 1 rings (SSSR count). The lowest BCUT2D eigenvalue weighted by Gasteiger charge is -2.08. The Morgan fingerprint density at radius 3 is 2.64 bits per heavy atom. The van der Waals surface area contributed by atoms with Crippen LogP contribution in [0.5, 0.6) is 0 Å². The van der Waals surface area contributed by atoms with Crippen LogP contribution in [-0.4, -0.2) is 5.21 Å². The Kier molecular flexibility index (Phi) is 2.49. The highest BCUT2D eigenvalue weighted by atomic mass is 16.5. The first-order valence-corrected chi connectivity index (χ1v) is 3.78. The first kappa shape index (κ1) is 8.08. The standard InChI is InChI=1S/C9H13NO/c1-3-8-6-4-5-7(2)9(8)10-11/h4-6,10-11H,3H2,1-2H3. The van der Waals surface area contributed by atoms with Gasteiger partial charge < -0.3 is 0 Å². The van der Waals surface area contributed by atoms with Crippen LogP contribution in [0.25, 0.3) is 0 Å². The zero-order valence-corrected chi connectivity index (χ0v) is 6.89. The van der Waals surface area contributed by atoms with E-state index in [1.807, 2.05) is 25.1 Å². The summed E-state index contributed by atoms with van der Waals surface area (Å²) in [5, 5.41) is 8.78. The van der Waals surface area contributed by atoms with Crippen molar-refractivity contribution >= 4 is 5.69 Å². The van der Waals surface area contributed by atoms with Crippen molar-refractivity contribution < 1.29 is 5.21 Å². The molecule has 0 aromatic heterocycles. The predicted octanol–water partition coefficient (Wildman–Crippen LogP) is 2.36. The summed E-state index contributed by atoms with van der Waals surface area (Å²) < 4.78 is 0. The Labute approximate surface area is 66.8 Å². The summed E-state index contributed by atoms with van der Waals surface area (Å²) in [7, 11) is 0. The van der Waals surface area contributed by atoms with E-state index in [2.05, 4.69) is 12.4 Å². The van der Waals surface area contributed by atoms with E-state index in [1.165, 1.54) is 0 Å². The predicted molar refractivity (Wildman–Crippen MR) is 46.0 cm³/mol. The van der Waals surface area contributed by atoms with Crippen molar-refractivity contribution in [2.75, 3.05) is 5.48 Å². The van der Waals surface area contributed by atoms with Crippen LogP contribution < -0.4 is 5.48 Å². The number of benzene rings is 1. The quantitative estimate of drug-likeness (QED) is 0.636. The fourth-order valence-electron chi connectivity index (χ4n) is 1.18. The van der Waals surface area contributed by atoms with Gasteiger partial charge in [-0.25, -0.2) is 0 Å². The molecule has 0 saturated heterocycles. The first-order valence-electron chi connectivity index (χ1n) is 3.78. The van der Waals surface area contributed by atoms with Gasteiger partial charge in [0.15, 0.2) is 0 Å². The topological polar surface area (TPSA) is 32.3 Å². The lowest BCUT2D eigenvalue weighted by Crippen LogP contribution is -1.97. The third kappa shape index (κ3) is 1.52. The molecular weight excluding hydrogens is 138 g/mol. The third-order valence-electron chi connectivity index (χ3n) is 1.85. The van der Waals surface area contributed by atoms with E-state index in [9.17, 15) is 0 Å². The molecule has 2 heteroatoms. The smallest absolute Gasteiger partial charge is 0.0663 e. The Morgan fingerprint density at radius 1 is 1.45 bits per heavy atom. The molecule has 2 N–H and O–H groups in total. The van der Waals surface area contributed by atoms with Crippen LogP contribution in [0.1, 0.15) is 18.1 Å². The number of anilines is 1. The second-order valence-corrected chi connectivity index (χ2v) is 2.57. The second-order valence-electron chi connectivity index (χ2n) is 2.57.